The molecule has 1 aromatic rings. The molecule has 0 aromatic carbocycles. The van der Waals surface area contributed by atoms with Crippen LogP contribution in [0.5, 0.6) is 0 Å². The third kappa shape index (κ3) is 4.72. The molecule has 26 heavy (non-hydrogen) atoms. The summed E-state index contributed by atoms with van der Waals surface area (Å²) < 4.78 is 12.5. The number of hydrogen-bond donors (Lipinski definition) is 1. The van der Waals surface area contributed by atoms with Crippen molar-refractivity contribution in [1.82, 2.24) is 29.9 Å². The number of nitrogens with zero attached hydrogens (tertiary/aromatic N) is 5. The molecule has 2 saturated heterocycles. The van der Waals surface area contributed by atoms with Gasteiger partial charge < -0.3 is 24.3 Å². The molecule has 9 heteroatoms. The van der Waals surface area contributed by atoms with Gasteiger partial charge in [0.2, 0.25) is 0 Å². The number of aromatic nitrogens is 3. The highest BCUT2D eigenvalue weighted by Gasteiger charge is 2.28. The maximum atomic E-state index is 12.6. The first-order valence-corrected chi connectivity index (χ1v) is 9.43. The van der Waals surface area contributed by atoms with Crippen LogP contribution in [-0.4, -0.2) is 89.7 Å². The average molecular weight is 366 g/mol. The Morgan fingerprint density at radius 2 is 2.08 bits per heavy atom. The third-order valence-corrected chi connectivity index (χ3v) is 5.22. The standard InChI is InChI=1S/C17H30N6O3/c1-14(16-20-18-13-23(16)9-12-25-2)19-17(24)22-7-5-21(6-8-22)15-3-10-26-11-4-15/h13-15H,3-12H2,1-2H3,(H,19,24). The smallest absolute Gasteiger partial charge is 0.318 e. The molecular weight excluding hydrogens is 336 g/mol. The molecular formula is C17H30N6O3. The molecule has 1 aromatic heterocycles. The van der Waals surface area contributed by atoms with Crippen LogP contribution in [0.2, 0.25) is 0 Å². The molecule has 1 N–H and O–H groups in total. The lowest BCUT2D eigenvalue weighted by Crippen LogP contribution is -2.55. The summed E-state index contributed by atoms with van der Waals surface area (Å²) in [6, 6.07) is 0.369. The minimum absolute atomic E-state index is 0.0366. The van der Waals surface area contributed by atoms with Crippen molar-refractivity contribution in [3.63, 3.8) is 0 Å². The van der Waals surface area contributed by atoms with Crippen LogP contribution in [0.1, 0.15) is 31.6 Å². The van der Waals surface area contributed by atoms with Crippen LogP contribution in [0.3, 0.4) is 0 Å². The minimum atomic E-state index is -0.199. The van der Waals surface area contributed by atoms with Gasteiger partial charge in [0.25, 0.3) is 0 Å². The molecule has 9 nitrogen and oxygen atoms in total. The lowest BCUT2D eigenvalue weighted by molar-refractivity contribution is 0.0186. The van der Waals surface area contributed by atoms with E-state index in [1.54, 1.807) is 13.4 Å². The number of methoxy groups -OCH3 is 1. The third-order valence-electron chi connectivity index (χ3n) is 5.22. The molecule has 146 valence electrons. The molecule has 2 aliphatic rings. The number of rotatable bonds is 6. The van der Waals surface area contributed by atoms with Crippen LogP contribution in [0.25, 0.3) is 0 Å². The zero-order valence-corrected chi connectivity index (χ0v) is 15.8. The lowest BCUT2D eigenvalue weighted by atomic mass is 10.1. The van der Waals surface area contributed by atoms with Gasteiger partial charge in [0.1, 0.15) is 6.33 Å². The number of hydrogen-bond acceptors (Lipinski definition) is 6. The summed E-state index contributed by atoms with van der Waals surface area (Å²) in [7, 11) is 1.66. The van der Waals surface area contributed by atoms with E-state index in [1.165, 1.54) is 0 Å². The molecule has 3 heterocycles. The highest BCUT2D eigenvalue weighted by atomic mass is 16.5. The van der Waals surface area contributed by atoms with Gasteiger partial charge in [-0.25, -0.2) is 4.79 Å². The summed E-state index contributed by atoms with van der Waals surface area (Å²) in [5.41, 5.74) is 0. The number of carbonyl (C=O) groups excluding carboxylic acids is 1. The van der Waals surface area contributed by atoms with Crippen molar-refractivity contribution in [2.75, 3.05) is 53.1 Å². The van der Waals surface area contributed by atoms with E-state index in [2.05, 4.69) is 20.4 Å². The number of urea groups is 1. The molecule has 2 amide bonds. The van der Waals surface area contributed by atoms with E-state index in [4.69, 9.17) is 9.47 Å². The van der Waals surface area contributed by atoms with Crippen molar-refractivity contribution in [1.29, 1.82) is 0 Å². The Hall–Kier alpha value is -1.71. The van der Waals surface area contributed by atoms with Crippen molar-refractivity contribution < 1.29 is 14.3 Å². The summed E-state index contributed by atoms with van der Waals surface area (Å²) in [4.78, 5) is 17.0. The highest BCUT2D eigenvalue weighted by Crippen LogP contribution is 2.17. The fourth-order valence-electron chi connectivity index (χ4n) is 3.64. The zero-order chi connectivity index (χ0) is 18.4. The topological polar surface area (TPSA) is 84.7 Å². The monoisotopic (exact) mass is 366 g/mol. The van der Waals surface area contributed by atoms with Gasteiger partial charge in [-0.3, -0.25) is 4.90 Å². The van der Waals surface area contributed by atoms with Crippen molar-refractivity contribution >= 4 is 6.03 Å². The predicted octanol–water partition coefficient (Wildman–Crippen LogP) is 0.492. The van der Waals surface area contributed by atoms with Crippen molar-refractivity contribution in [2.45, 2.75) is 38.4 Å². The van der Waals surface area contributed by atoms with Gasteiger partial charge in [-0.15, -0.1) is 10.2 Å². The van der Waals surface area contributed by atoms with Gasteiger partial charge in [0.15, 0.2) is 5.82 Å². The first kappa shape index (κ1) is 19.1. The Bertz CT molecular complexity index is 567. The molecule has 0 spiro atoms. The summed E-state index contributed by atoms with van der Waals surface area (Å²) >= 11 is 0. The maximum Gasteiger partial charge on any atom is 0.318 e. The van der Waals surface area contributed by atoms with Crippen molar-refractivity contribution in [2.24, 2.45) is 0 Å². The second kappa shape index (κ2) is 9.29. The van der Waals surface area contributed by atoms with Gasteiger partial charge in [-0.05, 0) is 19.8 Å². The van der Waals surface area contributed by atoms with E-state index in [-0.39, 0.29) is 12.1 Å². The number of carbonyl (C=O) groups is 1. The SMILES string of the molecule is COCCn1cnnc1C(C)NC(=O)N1CCN(C2CCOCC2)CC1. The van der Waals surface area contributed by atoms with E-state index in [1.807, 2.05) is 16.4 Å². The first-order valence-electron chi connectivity index (χ1n) is 9.43. The molecule has 0 aliphatic carbocycles. The Balaban J connectivity index is 1.47. The van der Waals surface area contributed by atoms with E-state index < -0.39 is 0 Å². The Morgan fingerprint density at radius 3 is 2.77 bits per heavy atom. The molecule has 0 bridgehead atoms. The van der Waals surface area contributed by atoms with Crippen LogP contribution in [0.15, 0.2) is 6.33 Å². The second-order valence-electron chi connectivity index (χ2n) is 6.91. The fourth-order valence-corrected chi connectivity index (χ4v) is 3.64. The van der Waals surface area contributed by atoms with Crippen LogP contribution < -0.4 is 5.32 Å². The first-order chi connectivity index (χ1) is 12.7. The molecule has 2 fully saturated rings. The molecule has 1 atom stereocenters. The summed E-state index contributed by atoms with van der Waals surface area (Å²) in [6.45, 7) is 8.26. The molecule has 1 unspecified atom stereocenters. The number of ether oxygens (including phenoxy) is 2. The van der Waals surface area contributed by atoms with Crippen LogP contribution >= 0.6 is 0 Å². The number of piperazine rings is 1. The number of amides is 2. The maximum absolute atomic E-state index is 12.6. The zero-order valence-electron chi connectivity index (χ0n) is 15.8. The van der Waals surface area contributed by atoms with Crippen LogP contribution in [0.4, 0.5) is 4.79 Å². The highest BCUT2D eigenvalue weighted by molar-refractivity contribution is 5.74. The summed E-state index contributed by atoms with van der Waals surface area (Å²) in [5, 5.41) is 11.1. The molecule has 0 saturated carbocycles. The van der Waals surface area contributed by atoms with Gasteiger partial charge in [0, 0.05) is 59.1 Å². The molecule has 0 radical (unpaired) electrons. The summed E-state index contributed by atoms with van der Waals surface area (Å²) in [5.74, 6) is 0.747. The van der Waals surface area contributed by atoms with Gasteiger partial charge in [0.05, 0.1) is 12.6 Å². The van der Waals surface area contributed by atoms with Crippen molar-refractivity contribution in [3.8, 4) is 0 Å². The Morgan fingerprint density at radius 1 is 1.35 bits per heavy atom. The fraction of sp³-hybridized carbons (Fsp3) is 0.824. The van der Waals surface area contributed by atoms with E-state index in [9.17, 15) is 4.79 Å². The van der Waals surface area contributed by atoms with Gasteiger partial charge >= 0.3 is 6.03 Å². The Kier molecular flexibility index (Phi) is 6.81. The van der Waals surface area contributed by atoms with E-state index in [0.29, 0.717) is 19.2 Å². The molecule has 3 rings (SSSR count). The summed E-state index contributed by atoms with van der Waals surface area (Å²) in [6.07, 6.45) is 3.87. The largest absolute Gasteiger partial charge is 0.383 e. The Labute approximate surface area is 154 Å². The number of nitrogens with one attached hydrogen (secondary N) is 1. The predicted molar refractivity (Wildman–Crippen MR) is 95.8 cm³/mol. The van der Waals surface area contributed by atoms with Gasteiger partial charge in [-0.1, -0.05) is 0 Å². The normalized spacial score (nSPS) is 20.9. The molecule has 2 aliphatic heterocycles. The lowest BCUT2D eigenvalue weighted by Gasteiger charge is -2.40. The van der Waals surface area contributed by atoms with Gasteiger partial charge in [-0.2, -0.15) is 0 Å². The minimum Gasteiger partial charge on any atom is -0.383 e. The van der Waals surface area contributed by atoms with Crippen molar-refractivity contribution in [3.05, 3.63) is 12.2 Å². The van der Waals surface area contributed by atoms with Crippen LogP contribution in [0, 0.1) is 0 Å². The van der Waals surface area contributed by atoms with Crippen LogP contribution in [-0.2, 0) is 16.0 Å². The second-order valence-corrected chi connectivity index (χ2v) is 6.91. The van der Waals surface area contributed by atoms with E-state index in [0.717, 1.165) is 58.1 Å². The quantitative estimate of drug-likeness (QED) is 0.789. The average Bonchev–Trinajstić information content (AvgIpc) is 3.16. The van der Waals surface area contributed by atoms with E-state index >= 15 is 0 Å².